The van der Waals surface area contributed by atoms with E-state index in [9.17, 15) is 0 Å². The first-order valence-corrected chi connectivity index (χ1v) is 52.6. The molecule has 0 bridgehead atoms. The van der Waals surface area contributed by atoms with Gasteiger partial charge in [0.05, 0.1) is 38.6 Å². The van der Waals surface area contributed by atoms with E-state index in [2.05, 4.69) is 293 Å². The van der Waals surface area contributed by atoms with Crippen molar-refractivity contribution < 1.29 is 0 Å². The zero-order valence-corrected chi connectivity index (χ0v) is 59.1. The Morgan fingerprint density at radius 3 is 0.397 bits per heavy atom. The Morgan fingerprint density at radius 2 is 0.328 bits per heavy atom. The molecule has 1 heterocycles. The molecule has 1 fully saturated rings. The lowest BCUT2D eigenvalue weighted by molar-refractivity contribution is 0.548. The van der Waals surface area contributed by atoms with E-state index in [0.29, 0.717) is 0 Å². The Labute approximate surface area is 402 Å². The fourth-order valence-corrected chi connectivity index (χ4v) is 628. The summed E-state index contributed by atoms with van der Waals surface area (Å²) in [4.78, 5) is 0. The number of rotatable bonds is 4. The molecular weight excluding hydrogens is 1060 g/mol. The van der Waals surface area contributed by atoms with Crippen LogP contribution in [0.1, 0.15) is 249 Å². The molecule has 0 spiro atoms. The van der Waals surface area contributed by atoms with Gasteiger partial charge in [0.1, 0.15) is 0 Å². The molecule has 0 aromatic rings. The monoisotopic (exact) mass is 1160 g/mol. The van der Waals surface area contributed by atoms with E-state index >= 15 is 0 Å². The molecule has 1 saturated heterocycles. The molecule has 1 rings (SSSR count). The number of hydrogen-bond donors (Lipinski definition) is 0. The predicted molar refractivity (Wildman–Crippen MR) is 311 cm³/mol. The van der Waals surface area contributed by atoms with Crippen LogP contribution in [0.15, 0.2) is 0 Å². The van der Waals surface area contributed by atoms with Crippen molar-refractivity contribution >= 4 is 96.9 Å². The van der Waals surface area contributed by atoms with Crippen molar-refractivity contribution in [1.29, 1.82) is 0 Å². The van der Waals surface area contributed by atoms with Crippen molar-refractivity contribution in [2.45, 2.75) is 310 Å². The highest BCUT2D eigenvalue weighted by molar-refractivity contribution is 14.1. The highest BCUT2D eigenvalue weighted by atomic mass is 127. The normalized spacial score (nSPS) is 23.7. The summed E-state index contributed by atoms with van der Waals surface area (Å²) >= 11 is 7.59. The second kappa shape index (κ2) is 15.4. The van der Waals surface area contributed by atoms with Gasteiger partial charge < -0.3 is 0 Å². The van der Waals surface area contributed by atoms with Crippen molar-refractivity contribution in [3.8, 4) is 0 Å². The number of hydrogen-bond acceptors (Lipinski definition) is 0. The van der Waals surface area contributed by atoms with Crippen molar-refractivity contribution in [1.82, 2.24) is 0 Å². The lowest BCUT2D eigenvalue weighted by Crippen LogP contribution is -3.15. The maximum Gasteiger partial charge on any atom is 0.0927 e. The molecule has 0 saturated carbocycles. The summed E-state index contributed by atoms with van der Waals surface area (Å²) in [6, 6.07) is 0. The molecule has 2 radical (unpaired) electrons. The van der Waals surface area contributed by atoms with Crippen molar-refractivity contribution in [2.24, 2.45) is 0 Å². The Balaban J connectivity index is 6.21. The van der Waals surface area contributed by atoms with Gasteiger partial charge in [0.25, 0.3) is 0 Å². The Kier molecular flexibility index (Phi) is 15.7. The quantitative estimate of drug-likeness (QED) is 0.150. The minimum Gasteiger partial charge on any atom is -0.130 e. The maximum absolute atomic E-state index is 3.79. The third-order valence-corrected chi connectivity index (χ3v) is 275. The van der Waals surface area contributed by atoms with E-state index in [1.54, 1.807) is 0 Å². The molecule has 0 nitrogen and oxygen atoms in total. The average molecular weight is 1160 g/mol. The van der Waals surface area contributed by atoms with Gasteiger partial charge in [0, 0.05) is 14.7 Å². The summed E-state index contributed by atoms with van der Waals surface area (Å²) < 4.78 is -4.66. The van der Waals surface area contributed by atoms with Gasteiger partial charge >= 0.3 is 0 Å². The Bertz CT molecular complexity index is 1210. The fourth-order valence-electron chi connectivity index (χ4n) is 21.3. The molecule has 0 N–H and O–H groups in total. The van der Waals surface area contributed by atoms with Crippen LogP contribution in [0.5, 0.6) is 0 Å². The summed E-state index contributed by atoms with van der Waals surface area (Å²) in [6.07, 6.45) is 0. The summed E-state index contributed by atoms with van der Waals surface area (Å²) in [5, 5.41) is 3.26. The minimum absolute atomic E-state index is 0.270. The van der Waals surface area contributed by atoms with Gasteiger partial charge in [0.15, 0.2) is 0 Å². The van der Waals surface area contributed by atoms with Gasteiger partial charge in [-0.1, -0.05) is 249 Å². The zero-order chi connectivity index (χ0) is 48.2. The van der Waals surface area contributed by atoms with Crippen molar-refractivity contribution in [3.63, 3.8) is 0 Å². The lowest BCUT2D eigenvalue weighted by atomic mass is 10.2. The lowest BCUT2D eigenvalue weighted by Gasteiger charge is -2.89. The molecule has 0 aliphatic carbocycles. The van der Waals surface area contributed by atoms with Crippen LogP contribution in [-0.4, -0.2) is 53.3 Å². The van der Waals surface area contributed by atoms with Crippen LogP contribution in [0.25, 0.3) is 0 Å². The first-order valence-electron chi connectivity index (χ1n) is 23.4. The van der Waals surface area contributed by atoms with Crippen LogP contribution in [0.4, 0.5) is 0 Å². The van der Waals surface area contributed by atoms with Crippen LogP contribution in [-0.2, 0) is 0 Å². The zero-order valence-electron chi connectivity index (χ0n) is 46.8. The maximum atomic E-state index is 3.79. The molecule has 0 unspecified atom stereocenters. The summed E-state index contributed by atoms with van der Waals surface area (Å²) in [5.41, 5.74) is 0. The Morgan fingerprint density at radius 1 is 0.224 bits per heavy atom. The second-order valence-corrected chi connectivity index (χ2v) is 138. The van der Waals surface area contributed by atoms with Crippen LogP contribution >= 0.6 is 43.6 Å². The molecule has 0 atom stereocenters. The van der Waals surface area contributed by atoms with Crippen LogP contribution in [0.3, 0.4) is 0 Å². The molecule has 1 aliphatic rings. The van der Waals surface area contributed by atoms with Crippen LogP contribution in [0.2, 0.25) is 60.5 Å². The highest BCUT2D eigenvalue weighted by Crippen LogP contribution is 2.84. The van der Waals surface area contributed by atoms with E-state index in [1.807, 2.05) is 0 Å². The third kappa shape index (κ3) is 7.35. The number of halogens is 2. The minimum atomic E-state index is -2.37. The van der Waals surface area contributed by atoms with Gasteiger partial charge in [-0.3, -0.25) is 0 Å². The topological polar surface area (TPSA) is 0 Å². The van der Waals surface area contributed by atoms with Crippen LogP contribution in [0, 0.1) is 0 Å². The smallest absolute Gasteiger partial charge is 0.0927 e. The average Bonchev–Trinajstić information content (AvgIpc) is 2.74. The third-order valence-electron chi connectivity index (χ3n) is 16.7. The summed E-state index contributed by atoms with van der Waals surface area (Å²) in [6.45, 7) is 103. The fraction of sp³-hybridized carbons (Fsp3) is 1.00. The molecule has 0 aromatic carbocycles. The standard InChI is InChI=1S/C48H108I2Si8/c1-37(2,3)53(38(4,5)6,39(7,8)9)51-57(49,55(43(19,20)21,44(22,23)24)45(25,26)27)52(54(40(10,11)12,41(13,14)15)42(16,17)18)58(51,50)56(46(28,29)30,47(31,32)33)48(34,35)36/h1-36H3. The summed E-state index contributed by atoms with van der Waals surface area (Å²) in [7, 11) is -11.5. The van der Waals surface area contributed by atoms with E-state index in [-0.39, 0.29) is 60.5 Å². The van der Waals surface area contributed by atoms with E-state index in [4.69, 9.17) is 0 Å². The van der Waals surface area contributed by atoms with Gasteiger partial charge in [-0.05, 0) is 60.5 Å². The highest BCUT2D eigenvalue weighted by Gasteiger charge is 2.98. The van der Waals surface area contributed by atoms with E-state index in [1.165, 1.54) is 0 Å². The van der Waals surface area contributed by atoms with Crippen molar-refractivity contribution in [3.05, 3.63) is 0 Å². The largest absolute Gasteiger partial charge is 0.130 e. The first-order chi connectivity index (χ1) is 24.2. The van der Waals surface area contributed by atoms with Crippen LogP contribution < -0.4 is 0 Å². The van der Waals surface area contributed by atoms with E-state index < -0.39 is 53.3 Å². The summed E-state index contributed by atoms with van der Waals surface area (Å²) in [5.74, 6) is 0. The molecule has 0 aromatic heterocycles. The van der Waals surface area contributed by atoms with Gasteiger partial charge in [0.2, 0.25) is 0 Å². The Hall–Kier alpha value is 3.20. The van der Waals surface area contributed by atoms with E-state index in [0.717, 1.165) is 0 Å². The SMILES string of the molecule is CC(C)(C)[Si]([Si]1[Si](I)([Si](C(C)(C)C)(C(C)(C)C)C(C)(C)C)[Si]([Si](C(C)(C)C)(C(C)(C)C)C(C)(C)C)[Si]1(I)[Si](C(C)(C)C)(C(C)(C)C)C(C)(C)C)(C(C)(C)C)C(C)(C)C. The molecule has 1 aliphatic heterocycles. The molecule has 0 amide bonds. The second-order valence-electron chi connectivity index (χ2n) is 32.1. The molecular formula is C48H108I2Si8. The van der Waals surface area contributed by atoms with Gasteiger partial charge in [-0.15, -0.1) is 43.6 Å². The molecule has 10 heteroatoms. The molecule has 58 heavy (non-hydrogen) atoms. The first kappa shape index (κ1) is 59.2. The van der Waals surface area contributed by atoms with Gasteiger partial charge in [-0.25, -0.2) is 0 Å². The molecule has 346 valence electrons. The van der Waals surface area contributed by atoms with Gasteiger partial charge in [-0.2, -0.15) is 0 Å². The van der Waals surface area contributed by atoms with Crippen molar-refractivity contribution in [2.75, 3.05) is 0 Å². The predicted octanol–water partition coefficient (Wildman–Crippen LogP) is 19.8.